The van der Waals surface area contributed by atoms with Crippen LogP contribution in [0.2, 0.25) is 0 Å². The number of aromatic hydroxyl groups is 1. The molecule has 0 spiro atoms. The molecule has 0 fully saturated rings. The molecule has 0 saturated heterocycles. The number of nitrogens with one attached hydrogen (secondary N) is 1. The van der Waals surface area contributed by atoms with E-state index < -0.39 is 5.41 Å². The topological polar surface area (TPSA) is 71.6 Å². The molecule has 1 aromatic heterocycles. The van der Waals surface area contributed by atoms with Crippen LogP contribution in [0.1, 0.15) is 20.8 Å². The van der Waals surface area contributed by atoms with Gasteiger partial charge in [0.2, 0.25) is 0 Å². The standard InChI is InChI=1S/C18H19NO4/c1-18(2,3)17(21)23-11-8-13-12-7-10(22-4)5-6-14(12)19-16(13)15(20)9-11/h5-9,19-20H,1-4H3. The lowest BCUT2D eigenvalue weighted by atomic mass is 9.97. The molecule has 0 saturated carbocycles. The molecule has 2 N–H and O–H groups in total. The molecular weight excluding hydrogens is 294 g/mol. The van der Waals surface area contributed by atoms with Gasteiger partial charge in [-0.05, 0) is 45.0 Å². The van der Waals surface area contributed by atoms with Crippen molar-refractivity contribution in [1.29, 1.82) is 0 Å². The van der Waals surface area contributed by atoms with E-state index in [9.17, 15) is 9.90 Å². The summed E-state index contributed by atoms with van der Waals surface area (Å²) in [6.07, 6.45) is 0. The number of methoxy groups -OCH3 is 1. The van der Waals surface area contributed by atoms with Gasteiger partial charge in [-0.25, -0.2) is 0 Å². The van der Waals surface area contributed by atoms with E-state index in [-0.39, 0.29) is 11.7 Å². The number of hydrogen-bond acceptors (Lipinski definition) is 4. The number of aromatic amines is 1. The third kappa shape index (κ3) is 2.70. The Kier molecular flexibility index (Phi) is 3.43. The van der Waals surface area contributed by atoms with Gasteiger partial charge in [0.25, 0.3) is 0 Å². The largest absolute Gasteiger partial charge is 0.506 e. The first kappa shape index (κ1) is 15.2. The number of fused-ring (bicyclic) bond motifs is 3. The minimum Gasteiger partial charge on any atom is -0.506 e. The maximum Gasteiger partial charge on any atom is 0.316 e. The molecular formula is C18H19NO4. The summed E-state index contributed by atoms with van der Waals surface area (Å²) in [4.78, 5) is 15.2. The van der Waals surface area contributed by atoms with Gasteiger partial charge >= 0.3 is 5.97 Å². The Morgan fingerprint density at radius 3 is 2.43 bits per heavy atom. The third-order valence-electron chi connectivity index (χ3n) is 3.69. The first-order valence-corrected chi connectivity index (χ1v) is 7.34. The van der Waals surface area contributed by atoms with E-state index in [4.69, 9.17) is 9.47 Å². The Bertz CT molecular complexity index is 903. The number of phenols is 1. The van der Waals surface area contributed by atoms with Crippen LogP contribution in [0.3, 0.4) is 0 Å². The molecule has 3 aromatic rings. The summed E-state index contributed by atoms with van der Waals surface area (Å²) in [5.41, 5.74) is 0.854. The highest BCUT2D eigenvalue weighted by Gasteiger charge is 2.24. The zero-order valence-electron chi connectivity index (χ0n) is 13.6. The number of ether oxygens (including phenoxy) is 2. The van der Waals surface area contributed by atoms with E-state index >= 15 is 0 Å². The lowest BCUT2D eigenvalue weighted by Gasteiger charge is -2.16. The molecule has 23 heavy (non-hydrogen) atoms. The van der Waals surface area contributed by atoms with Crippen LogP contribution in [0.25, 0.3) is 21.8 Å². The van der Waals surface area contributed by atoms with Gasteiger partial charge in [-0.3, -0.25) is 4.79 Å². The van der Waals surface area contributed by atoms with Crippen LogP contribution < -0.4 is 9.47 Å². The molecule has 0 atom stereocenters. The Balaban J connectivity index is 2.15. The molecule has 0 amide bonds. The number of carbonyl (C=O) groups excluding carboxylic acids is 1. The number of carbonyl (C=O) groups is 1. The second-order valence-electron chi connectivity index (χ2n) is 6.54. The fourth-order valence-corrected chi connectivity index (χ4v) is 2.38. The third-order valence-corrected chi connectivity index (χ3v) is 3.69. The first-order valence-electron chi connectivity index (χ1n) is 7.34. The van der Waals surface area contributed by atoms with E-state index in [0.717, 1.165) is 22.0 Å². The zero-order valence-corrected chi connectivity index (χ0v) is 13.6. The Morgan fingerprint density at radius 2 is 1.78 bits per heavy atom. The van der Waals surface area contributed by atoms with Crippen LogP contribution in [0.5, 0.6) is 17.2 Å². The Morgan fingerprint density at radius 1 is 1.09 bits per heavy atom. The molecule has 0 radical (unpaired) electrons. The Labute approximate surface area is 133 Å². The number of aromatic nitrogens is 1. The van der Waals surface area contributed by atoms with Crippen LogP contribution in [0.4, 0.5) is 0 Å². The number of esters is 1. The number of rotatable bonds is 2. The average Bonchev–Trinajstić information content (AvgIpc) is 2.85. The maximum absolute atomic E-state index is 12.1. The van der Waals surface area contributed by atoms with Gasteiger partial charge in [0, 0.05) is 22.4 Å². The normalized spacial score (nSPS) is 11.8. The van der Waals surface area contributed by atoms with Gasteiger partial charge in [-0.2, -0.15) is 0 Å². The average molecular weight is 313 g/mol. The fraction of sp³-hybridized carbons (Fsp3) is 0.278. The lowest BCUT2D eigenvalue weighted by Crippen LogP contribution is -2.25. The zero-order chi connectivity index (χ0) is 16.8. The predicted octanol–water partition coefficient (Wildman–Crippen LogP) is 3.99. The summed E-state index contributed by atoms with van der Waals surface area (Å²) >= 11 is 0. The quantitative estimate of drug-likeness (QED) is 0.554. The van der Waals surface area contributed by atoms with E-state index in [1.165, 1.54) is 6.07 Å². The summed E-state index contributed by atoms with van der Waals surface area (Å²) in [7, 11) is 1.60. The monoisotopic (exact) mass is 313 g/mol. The van der Waals surface area contributed by atoms with Crippen molar-refractivity contribution in [2.45, 2.75) is 20.8 Å². The van der Waals surface area contributed by atoms with Crippen LogP contribution in [-0.2, 0) is 4.79 Å². The summed E-state index contributed by atoms with van der Waals surface area (Å²) in [5.74, 6) is 0.719. The molecule has 1 heterocycles. The first-order chi connectivity index (χ1) is 10.8. The summed E-state index contributed by atoms with van der Waals surface area (Å²) in [5, 5.41) is 11.9. The van der Waals surface area contributed by atoms with Crippen molar-refractivity contribution in [3.05, 3.63) is 30.3 Å². The summed E-state index contributed by atoms with van der Waals surface area (Å²) in [6, 6.07) is 8.79. The highest BCUT2D eigenvalue weighted by Crippen LogP contribution is 2.36. The van der Waals surface area contributed by atoms with E-state index in [0.29, 0.717) is 11.3 Å². The second-order valence-corrected chi connectivity index (χ2v) is 6.54. The van der Waals surface area contributed by atoms with Crippen molar-refractivity contribution < 1.29 is 19.4 Å². The predicted molar refractivity (Wildman–Crippen MR) is 89.1 cm³/mol. The lowest BCUT2D eigenvalue weighted by molar-refractivity contribution is -0.142. The SMILES string of the molecule is COc1ccc2[nH]c3c(O)cc(OC(=O)C(C)(C)C)cc3c2c1. The molecule has 120 valence electrons. The fourth-order valence-electron chi connectivity index (χ4n) is 2.38. The van der Waals surface area contributed by atoms with Gasteiger partial charge in [0.05, 0.1) is 18.0 Å². The molecule has 0 unspecified atom stereocenters. The summed E-state index contributed by atoms with van der Waals surface area (Å²) in [6.45, 7) is 5.35. The van der Waals surface area contributed by atoms with Crippen molar-refractivity contribution in [3.63, 3.8) is 0 Å². The molecule has 3 rings (SSSR count). The smallest absolute Gasteiger partial charge is 0.316 e. The molecule has 2 aromatic carbocycles. The number of phenolic OH excluding ortho intramolecular Hbond substituents is 1. The molecule has 0 bridgehead atoms. The molecule has 5 heteroatoms. The van der Waals surface area contributed by atoms with Crippen molar-refractivity contribution in [1.82, 2.24) is 4.98 Å². The van der Waals surface area contributed by atoms with Gasteiger partial charge < -0.3 is 19.6 Å². The van der Waals surface area contributed by atoms with Crippen LogP contribution in [-0.4, -0.2) is 23.2 Å². The van der Waals surface area contributed by atoms with Gasteiger partial charge in [-0.15, -0.1) is 0 Å². The van der Waals surface area contributed by atoms with E-state index in [1.807, 2.05) is 18.2 Å². The van der Waals surface area contributed by atoms with Crippen molar-refractivity contribution in [3.8, 4) is 17.2 Å². The molecule has 5 nitrogen and oxygen atoms in total. The van der Waals surface area contributed by atoms with Gasteiger partial charge in [0.1, 0.15) is 17.2 Å². The van der Waals surface area contributed by atoms with Crippen molar-refractivity contribution >= 4 is 27.8 Å². The second kappa shape index (κ2) is 5.19. The molecule has 0 aliphatic carbocycles. The van der Waals surface area contributed by atoms with Crippen LogP contribution >= 0.6 is 0 Å². The van der Waals surface area contributed by atoms with Crippen molar-refractivity contribution in [2.75, 3.05) is 7.11 Å². The van der Waals surface area contributed by atoms with Gasteiger partial charge in [0.15, 0.2) is 0 Å². The minimum absolute atomic E-state index is 0.0365. The van der Waals surface area contributed by atoms with Gasteiger partial charge in [-0.1, -0.05) is 0 Å². The van der Waals surface area contributed by atoms with Crippen molar-refractivity contribution in [2.24, 2.45) is 5.41 Å². The molecule has 0 aliphatic heterocycles. The summed E-state index contributed by atoms with van der Waals surface area (Å²) < 4.78 is 10.6. The minimum atomic E-state index is -0.617. The van der Waals surface area contributed by atoms with E-state index in [2.05, 4.69) is 4.98 Å². The Hall–Kier alpha value is -2.69. The van der Waals surface area contributed by atoms with E-state index in [1.54, 1.807) is 33.9 Å². The number of hydrogen-bond donors (Lipinski definition) is 2. The van der Waals surface area contributed by atoms with Crippen LogP contribution in [0, 0.1) is 5.41 Å². The number of H-pyrrole nitrogens is 1. The number of benzene rings is 2. The maximum atomic E-state index is 12.1. The molecule has 0 aliphatic rings. The highest BCUT2D eigenvalue weighted by atomic mass is 16.5. The van der Waals surface area contributed by atoms with Crippen LogP contribution in [0.15, 0.2) is 30.3 Å². The highest BCUT2D eigenvalue weighted by molar-refractivity contribution is 6.10.